The smallest absolute Gasteiger partial charge is 0.234 e. The van der Waals surface area contributed by atoms with Gasteiger partial charge in [-0.3, -0.25) is 4.79 Å². The Kier molecular flexibility index (Phi) is 3.60. The van der Waals surface area contributed by atoms with Crippen molar-refractivity contribution < 1.29 is 4.79 Å². The number of carbonyl (C=O) groups is 1. The highest BCUT2D eigenvalue weighted by molar-refractivity contribution is 5.78. The van der Waals surface area contributed by atoms with Crippen LogP contribution in [0.1, 0.15) is 64.2 Å². The lowest BCUT2D eigenvalue weighted by atomic mass is 9.71. The quantitative estimate of drug-likeness (QED) is 0.804. The fourth-order valence-electron chi connectivity index (χ4n) is 3.80. The second-order valence-electron chi connectivity index (χ2n) is 6.70. The van der Waals surface area contributed by atoms with Gasteiger partial charge in [-0.15, -0.1) is 0 Å². The molecule has 102 valence electrons. The average molecular weight is 250 g/mol. The second kappa shape index (κ2) is 5.20. The Morgan fingerprint density at radius 3 is 2.22 bits per heavy atom. The number of amides is 1. The van der Waals surface area contributed by atoms with Crippen LogP contribution < -0.4 is 10.6 Å². The van der Waals surface area contributed by atoms with Gasteiger partial charge in [0.15, 0.2) is 0 Å². The summed E-state index contributed by atoms with van der Waals surface area (Å²) >= 11 is 0. The summed E-state index contributed by atoms with van der Waals surface area (Å²) in [6.07, 6.45) is 13.5. The minimum absolute atomic E-state index is 0.193. The van der Waals surface area contributed by atoms with Crippen LogP contribution in [-0.2, 0) is 4.79 Å². The van der Waals surface area contributed by atoms with Gasteiger partial charge < -0.3 is 10.6 Å². The summed E-state index contributed by atoms with van der Waals surface area (Å²) < 4.78 is 0. The zero-order chi connectivity index (χ0) is 12.4. The average Bonchev–Trinajstić information content (AvgIpc) is 3.08. The van der Waals surface area contributed by atoms with Crippen molar-refractivity contribution in [3.63, 3.8) is 0 Å². The summed E-state index contributed by atoms with van der Waals surface area (Å²) in [4.78, 5) is 11.6. The molecule has 1 amide bonds. The van der Waals surface area contributed by atoms with E-state index in [0.29, 0.717) is 24.0 Å². The van der Waals surface area contributed by atoms with E-state index < -0.39 is 0 Å². The molecule has 0 atom stereocenters. The molecular formula is C15H26N2O. The number of nitrogens with one attached hydrogen (secondary N) is 2. The molecule has 0 bridgehead atoms. The minimum atomic E-state index is 0.193. The van der Waals surface area contributed by atoms with E-state index in [4.69, 9.17) is 0 Å². The maximum atomic E-state index is 11.6. The predicted molar refractivity (Wildman–Crippen MR) is 72.3 cm³/mol. The van der Waals surface area contributed by atoms with Crippen molar-refractivity contribution in [1.29, 1.82) is 0 Å². The van der Waals surface area contributed by atoms with Gasteiger partial charge in [0, 0.05) is 12.1 Å². The second-order valence-corrected chi connectivity index (χ2v) is 6.70. The fraction of sp³-hybridized carbons (Fsp3) is 0.933. The molecule has 3 rings (SSSR count). The Labute approximate surface area is 110 Å². The third-order valence-electron chi connectivity index (χ3n) is 5.20. The van der Waals surface area contributed by atoms with E-state index in [1.54, 1.807) is 0 Å². The van der Waals surface area contributed by atoms with Gasteiger partial charge in [0.1, 0.15) is 0 Å². The van der Waals surface area contributed by atoms with Crippen LogP contribution >= 0.6 is 0 Å². The zero-order valence-electron chi connectivity index (χ0n) is 11.3. The Morgan fingerprint density at radius 2 is 1.61 bits per heavy atom. The lowest BCUT2D eigenvalue weighted by Crippen LogP contribution is -2.42. The molecule has 0 radical (unpaired) electrons. The lowest BCUT2D eigenvalue weighted by Gasteiger charge is -2.37. The maximum absolute atomic E-state index is 11.6. The molecule has 1 spiro atoms. The van der Waals surface area contributed by atoms with E-state index in [2.05, 4.69) is 10.6 Å². The third-order valence-corrected chi connectivity index (χ3v) is 5.20. The minimum Gasteiger partial charge on any atom is -0.352 e. The van der Waals surface area contributed by atoms with Gasteiger partial charge in [0.25, 0.3) is 0 Å². The molecule has 3 fully saturated rings. The van der Waals surface area contributed by atoms with E-state index in [1.807, 2.05) is 0 Å². The molecule has 0 unspecified atom stereocenters. The van der Waals surface area contributed by atoms with Gasteiger partial charge in [0.2, 0.25) is 5.91 Å². The van der Waals surface area contributed by atoms with Crippen molar-refractivity contribution in [2.75, 3.05) is 6.54 Å². The molecule has 3 aliphatic rings. The molecule has 3 nitrogen and oxygen atoms in total. The van der Waals surface area contributed by atoms with Gasteiger partial charge in [-0.1, -0.05) is 12.8 Å². The van der Waals surface area contributed by atoms with Crippen LogP contribution in [0.2, 0.25) is 0 Å². The summed E-state index contributed by atoms with van der Waals surface area (Å²) in [5, 5.41) is 6.49. The van der Waals surface area contributed by atoms with Crippen LogP contribution in [0.4, 0.5) is 0 Å². The van der Waals surface area contributed by atoms with E-state index >= 15 is 0 Å². The lowest BCUT2D eigenvalue weighted by molar-refractivity contribution is -0.120. The molecule has 0 aromatic rings. The molecular weight excluding hydrogens is 224 g/mol. The molecule has 0 aromatic carbocycles. The van der Waals surface area contributed by atoms with Crippen molar-refractivity contribution in [3.8, 4) is 0 Å². The summed E-state index contributed by atoms with van der Waals surface area (Å²) in [6.45, 7) is 0.522. The highest BCUT2D eigenvalue weighted by Gasteiger charge is 2.37. The molecule has 18 heavy (non-hydrogen) atoms. The van der Waals surface area contributed by atoms with Gasteiger partial charge in [0.05, 0.1) is 6.54 Å². The third kappa shape index (κ3) is 3.05. The Hall–Kier alpha value is -0.570. The molecule has 3 heteroatoms. The van der Waals surface area contributed by atoms with E-state index in [0.717, 1.165) is 0 Å². The number of hydrogen-bond donors (Lipinski definition) is 2. The van der Waals surface area contributed by atoms with Crippen molar-refractivity contribution in [1.82, 2.24) is 10.6 Å². The van der Waals surface area contributed by atoms with Gasteiger partial charge in [-0.2, -0.15) is 0 Å². The van der Waals surface area contributed by atoms with E-state index in [9.17, 15) is 4.79 Å². The van der Waals surface area contributed by atoms with Crippen LogP contribution in [0.3, 0.4) is 0 Å². The monoisotopic (exact) mass is 250 g/mol. The van der Waals surface area contributed by atoms with Gasteiger partial charge >= 0.3 is 0 Å². The SMILES string of the molecule is O=C(CNC1CCC2(CCCC2)CC1)NC1CC1. The molecule has 3 saturated carbocycles. The molecule has 3 aliphatic carbocycles. The van der Waals surface area contributed by atoms with Gasteiger partial charge in [-0.25, -0.2) is 0 Å². The van der Waals surface area contributed by atoms with Crippen molar-refractivity contribution in [2.45, 2.75) is 76.3 Å². The standard InChI is InChI=1S/C15H26N2O/c18-14(17-13-3-4-13)11-16-12-5-9-15(10-6-12)7-1-2-8-15/h12-13,16H,1-11H2,(H,17,18). The van der Waals surface area contributed by atoms with Crippen LogP contribution in [0.15, 0.2) is 0 Å². The molecule has 0 heterocycles. The highest BCUT2D eigenvalue weighted by Crippen LogP contribution is 2.48. The van der Waals surface area contributed by atoms with Crippen molar-refractivity contribution in [2.24, 2.45) is 5.41 Å². The number of hydrogen-bond acceptors (Lipinski definition) is 2. The molecule has 0 saturated heterocycles. The molecule has 2 N–H and O–H groups in total. The van der Waals surface area contributed by atoms with Crippen LogP contribution in [0.25, 0.3) is 0 Å². The summed E-state index contributed by atoms with van der Waals surface area (Å²) in [5.41, 5.74) is 0.703. The summed E-state index contributed by atoms with van der Waals surface area (Å²) in [7, 11) is 0. The van der Waals surface area contributed by atoms with Crippen LogP contribution in [-0.4, -0.2) is 24.5 Å². The first-order valence-corrected chi connectivity index (χ1v) is 7.79. The van der Waals surface area contributed by atoms with Crippen LogP contribution in [0, 0.1) is 5.41 Å². The highest BCUT2D eigenvalue weighted by atomic mass is 16.2. The summed E-state index contributed by atoms with van der Waals surface area (Å²) in [6, 6.07) is 1.08. The Balaban J connectivity index is 1.36. The maximum Gasteiger partial charge on any atom is 0.234 e. The molecule has 0 aliphatic heterocycles. The Morgan fingerprint density at radius 1 is 0.944 bits per heavy atom. The van der Waals surface area contributed by atoms with E-state index in [-0.39, 0.29) is 5.91 Å². The van der Waals surface area contributed by atoms with Crippen molar-refractivity contribution >= 4 is 5.91 Å². The van der Waals surface area contributed by atoms with Gasteiger partial charge in [-0.05, 0) is 56.8 Å². The first kappa shape index (κ1) is 12.5. The van der Waals surface area contributed by atoms with Crippen LogP contribution in [0.5, 0.6) is 0 Å². The summed E-state index contributed by atoms with van der Waals surface area (Å²) in [5.74, 6) is 0.193. The Bertz CT molecular complexity index is 296. The zero-order valence-corrected chi connectivity index (χ0v) is 11.3. The fourth-order valence-corrected chi connectivity index (χ4v) is 3.80. The van der Waals surface area contributed by atoms with E-state index in [1.165, 1.54) is 64.2 Å². The first-order chi connectivity index (χ1) is 8.76. The largest absolute Gasteiger partial charge is 0.352 e. The first-order valence-electron chi connectivity index (χ1n) is 7.79. The molecule has 0 aromatic heterocycles. The topological polar surface area (TPSA) is 41.1 Å². The number of rotatable bonds is 4. The predicted octanol–water partition coefficient (Wildman–Crippen LogP) is 2.36. The normalized spacial score (nSPS) is 27.6. The van der Waals surface area contributed by atoms with Crippen molar-refractivity contribution in [3.05, 3.63) is 0 Å². The number of carbonyl (C=O) groups excluding carboxylic acids is 1.